The number of imidazole rings is 1. The minimum Gasteiger partial charge on any atom is -0.344 e. The number of fused-ring (bicyclic) bond motifs is 2. The molecule has 0 amide bonds. The second kappa shape index (κ2) is 13.8. The van der Waals surface area contributed by atoms with Crippen LogP contribution in [-0.4, -0.2) is 56.7 Å². The van der Waals surface area contributed by atoms with Crippen molar-refractivity contribution in [1.29, 1.82) is 0 Å². The van der Waals surface area contributed by atoms with Crippen molar-refractivity contribution in [2.75, 3.05) is 0 Å². The van der Waals surface area contributed by atoms with E-state index in [4.69, 9.17) is 0 Å². The molecular weight excluding hydrogens is 634 g/mol. The highest BCUT2D eigenvalue weighted by Crippen LogP contribution is 2.27. The Hall–Kier alpha value is -4.32. The van der Waals surface area contributed by atoms with Gasteiger partial charge < -0.3 is 9.97 Å². The molecule has 0 unspecified atom stereocenters. The first kappa shape index (κ1) is 33.6. The fourth-order valence-corrected chi connectivity index (χ4v) is 4.74. The number of hydrogen-bond donors (Lipinski definition) is 2. The number of Topliss-reactive ketones (excluding diaryl/α,β-unsaturated/α-hetero) is 2. The monoisotopic (exact) mass is 676 g/mol. The average Bonchev–Trinajstić information content (AvgIpc) is 3.82. The number of aryl methyl sites for hydroxylation is 1. The van der Waals surface area contributed by atoms with Crippen LogP contribution in [-0.2, 0) is 6.42 Å². The summed E-state index contributed by atoms with van der Waals surface area (Å²) in [5.74, 6) is 1.69. The molecule has 238 valence electrons. The summed E-state index contributed by atoms with van der Waals surface area (Å²) in [7, 11) is 0. The van der Waals surface area contributed by atoms with E-state index < -0.39 is 10.8 Å². The zero-order valence-corrected chi connectivity index (χ0v) is 28.7. The van der Waals surface area contributed by atoms with Crippen LogP contribution < -0.4 is 0 Å². The lowest BCUT2D eigenvalue weighted by Gasteiger charge is -2.15. The molecule has 0 spiro atoms. The molecule has 0 bridgehead atoms. The summed E-state index contributed by atoms with van der Waals surface area (Å²) in [5.41, 5.74) is 4.08. The smallest absolute Gasteiger partial charge is 0.171 e. The highest BCUT2D eigenvalue weighted by atomic mass is 79.9. The molecule has 0 aliphatic carbocycles. The Morgan fingerprint density at radius 2 is 1.44 bits per heavy atom. The first-order chi connectivity index (χ1) is 21.2. The van der Waals surface area contributed by atoms with Crippen LogP contribution in [0, 0.1) is 10.8 Å². The molecule has 1 aliphatic heterocycles. The first-order valence-corrected chi connectivity index (χ1v) is 15.7. The molecule has 0 fully saturated rings. The minimum atomic E-state index is -0.462. The summed E-state index contributed by atoms with van der Waals surface area (Å²) in [5, 5.41) is 0. The predicted molar refractivity (Wildman–Crippen MR) is 183 cm³/mol. The molecule has 0 aromatic carbocycles. The van der Waals surface area contributed by atoms with Gasteiger partial charge in [-0.15, -0.1) is 0 Å². The van der Waals surface area contributed by atoms with E-state index in [-0.39, 0.29) is 13.0 Å². The molecule has 11 nitrogen and oxygen atoms in total. The number of carbonyl (C=O) groups excluding carboxylic acids is 2. The Labute approximate surface area is 272 Å². The van der Waals surface area contributed by atoms with Crippen LogP contribution in [0.25, 0.3) is 28.1 Å². The molecule has 0 atom stereocenters. The molecule has 5 aromatic rings. The van der Waals surface area contributed by atoms with Gasteiger partial charge in [0.25, 0.3) is 0 Å². The maximum absolute atomic E-state index is 12.6. The summed E-state index contributed by atoms with van der Waals surface area (Å²) in [6.07, 6.45) is 17.2. The summed E-state index contributed by atoms with van der Waals surface area (Å²) in [4.78, 5) is 56.5. The second-order valence-corrected chi connectivity index (χ2v) is 13.4. The zero-order chi connectivity index (χ0) is 32.9. The third-order valence-electron chi connectivity index (χ3n) is 6.98. The van der Waals surface area contributed by atoms with Gasteiger partial charge in [0, 0.05) is 61.8 Å². The fourth-order valence-electron chi connectivity index (χ4n) is 4.46. The van der Waals surface area contributed by atoms with Gasteiger partial charge >= 0.3 is 0 Å². The van der Waals surface area contributed by atoms with Gasteiger partial charge in [0.05, 0.1) is 23.5 Å². The highest BCUT2D eigenvalue weighted by Gasteiger charge is 2.27. The number of aromatic amines is 2. The van der Waals surface area contributed by atoms with E-state index in [1.165, 1.54) is 5.71 Å². The molecule has 2 N–H and O–H groups in total. The quantitative estimate of drug-likeness (QED) is 0.180. The van der Waals surface area contributed by atoms with Gasteiger partial charge in [-0.1, -0.05) is 61.5 Å². The van der Waals surface area contributed by atoms with Gasteiger partial charge in [-0.3, -0.25) is 19.1 Å². The van der Waals surface area contributed by atoms with Crippen LogP contribution >= 0.6 is 15.9 Å². The zero-order valence-electron chi connectivity index (χ0n) is 27.1. The van der Waals surface area contributed by atoms with Crippen LogP contribution in [0.15, 0.2) is 59.1 Å². The number of aliphatic imine (C=N–C) groups is 1. The maximum atomic E-state index is 12.6. The van der Waals surface area contributed by atoms with Crippen LogP contribution in [0.5, 0.6) is 0 Å². The van der Waals surface area contributed by atoms with Crippen LogP contribution in [0.2, 0.25) is 0 Å². The van der Waals surface area contributed by atoms with E-state index in [0.717, 1.165) is 25.1 Å². The van der Waals surface area contributed by atoms with Gasteiger partial charge in [0.15, 0.2) is 28.7 Å². The Morgan fingerprint density at radius 1 is 0.867 bits per heavy atom. The van der Waals surface area contributed by atoms with Crippen molar-refractivity contribution in [2.24, 2.45) is 15.8 Å². The van der Waals surface area contributed by atoms with Gasteiger partial charge in [-0.2, -0.15) is 0 Å². The van der Waals surface area contributed by atoms with Crippen molar-refractivity contribution >= 4 is 55.5 Å². The molecule has 6 heterocycles. The SMILES string of the molecule is CC(C)(C)C(=O)c1c[nH]c2ncc(Br)nc12.CCC1=NC=CC1.CCc1nccn1-c1cnc2[nH]cc(C(=O)C(C)(C)C)c2n1.[2HH]. The van der Waals surface area contributed by atoms with Gasteiger partial charge in [0.2, 0.25) is 0 Å². The van der Waals surface area contributed by atoms with Gasteiger partial charge in [-0.25, -0.2) is 24.9 Å². The average molecular weight is 678 g/mol. The van der Waals surface area contributed by atoms with E-state index in [1.54, 1.807) is 31.0 Å². The lowest BCUT2D eigenvalue weighted by molar-refractivity contribution is 0.0854. The summed E-state index contributed by atoms with van der Waals surface area (Å²) in [6.45, 7) is 15.5. The number of rotatable bonds is 5. The topological polar surface area (TPSA) is 147 Å². The molecule has 1 aliphatic rings. The summed E-state index contributed by atoms with van der Waals surface area (Å²) in [6, 6.07) is 0. The predicted octanol–water partition coefficient (Wildman–Crippen LogP) is 7.88. The Bertz CT molecular complexity index is 1890. The van der Waals surface area contributed by atoms with Gasteiger partial charge in [-0.05, 0) is 22.4 Å². The van der Waals surface area contributed by atoms with E-state index in [1.807, 2.05) is 65.4 Å². The Morgan fingerprint density at radius 3 is 1.93 bits per heavy atom. The van der Waals surface area contributed by atoms with Crippen molar-refractivity contribution in [3.63, 3.8) is 0 Å². The number of carbonyl (C=O) groups is 2. The molecule has 0 saturated carbocycles. The van der Waals surface area contributed by atoms with Crippen molar-refractivity contribution in [3.05, 3.63) is 71.0 Å². The van der Waals surface area contributed by atoms with Crippen LogP contribution in [0.1, 0.15) is 96.2 Å². The third-order valence-corrected chi connectivity index (χ3v) is 7.36. The molecule has 6 rings (SSSR count). The Kier molecular flexibility index (Phi) is 10.3. The summed E-state index contributed by atoms with van der Waals surface area (Å²) >= 11 is 3.25. The van der Waals surface area contributed by atoms with Crippen molar-refractivity contribution in [2.45, 2.75) is 74.7 Å². The largest absolute Gasteiger partial charge is 0.344 e. The minimum absolute atomic E-state index is 0. The van der Waals surface area contributed by atoms with Gasteiger partial charge in [0.1, 0.15) is 21.5 Å². The number of ketones is 2. The number of halogens is 1. The summed E-state index contributed by atoms with van der Waals surface area (Å²) < 4.78 is 2.52. The highest BCUT2D eigenvalue weighted by molar-refractivity contribution is 9.10. The first-order valence-electron chi connectivity index (χ1n) is 14.9. The molecule has 0 saturated heterocycles. The lowest BCUT2D eigenvalue weighted by Crippen LogP contribution is -2.20. The van der Waals surface area contributed by atoms with Crippen LogP contribution in [0.4, 0.5) is 0 Å². The normalized spacial score (nSPS) is 12.9. The third kappa shape index (κ3) is 7.86. The number of nitrogens with zero attached hydrogens (tertiary/aromatic N) is 7. The number of aromatic nitrogens is 8. The standard InChI is InChI=1S/C16H19N5O.C11H12BrN3O.C6H9N.H2/c1-5-11-17-6-7-21(11)12-9-19-15-13(20-12)10(8-18-15)14(22)16(2,3)4;1-11(2,3)9(16)6-4-13-10-8(6)15-7(12)5-14-10;1-2-6-4-3-5-7-6;/h6-9H,5H2,1-4H3,(H,18,19);4-5H,1-3H3,(H,13,14);3,5H,2,4H2,1H3;1H/i;;;1+1. The molecule has 0 radical (unpaired) electrons. The van der Waals surface area contributed by atoms with Crippen LogP contribution in [0.3, 0.4) is 0 Å². The van der Waals surface area contributed by atoms with E-state index >= 15 is 0 Å². The van der Waals surface area contributed by atoms with Crippen molar-refractivity contribution < 1.29 is 11.0 Å². The fraction of sp³-hybridized carbons (Fsp3) is 0.394. The molecule has 12 heteroatoms. The van der Waals surface area contributed by atoms with Crippen molar-refractivity contribution in [3.8, 4) is 5.82 Å². The molecular formula is C33H42BrN9O2. The number of H-pyrrole nitrogens is 2. The van der Waals surface area contributed by atoms with E-state index in [9.17, 15) is 9.59 Å². The number of hydrogen-bond acceptors (Lipinski definition) is 8. The molecule has 45 heavy (non-hydrogen) atoms. The second-order valence-electron chi connectivity index (χ2n) is 12.6. The number of allylic oxidation sites excluding steroid dienone is 1. The molecule has 5 aromatic heterocycles. The lowest BCUT2D eigenvalue weighted by atomic mass is 9.87. The number of nitrogens with one attached hydrogen (secondary N) is 2. The van der Waals surface area contributed by atoms with E-state index in [2.05, 4.69) is 68.8 Å². The maximum Gasteiger partial charge on any atom is 0.171 e. The Balaban J connectivity index is 0.000000210. The van der Waals surface area contributed by atoms with E-state index in [0.29, 0.717) is 43.9 Å². The van der Waals surface area contributed by atoms with Crippen molar-refractivity contribution in [1.82, 2.24) is 39.5 Å².